The highest BCUT2D eigenvalue weighted by Crippen LogP contribution is 2.27. The molecule has 138 valence electrons. The summed E-state index contributed by atoms with van der Waals surface area (Å²) in [4.78, 5) is 18.4. The number of aromatic nitrogens is 4. The Kier molecular flexibility index (Phi) is 4.99. The number of nitrogens with zero attached hydrogens (tertiary/aromatic N) is 4. The summed E-state index contributed by atoms with van der Waals surface area (Å²) in [5.41, 5.74) is 2.88. The van der Waals surface area contributed by atoms with Gasteiger partial charge in [-0.3, -0.25) is 9.48 Å². The van der Waals surface area contributed by atoms with Gasteiger partial charge in [-0.05, 0) is 29.8 Å². The quantitative estimate of drug-likeness (QED) is 0.534. The predicted molar refractivity (Wildman–Crippen MR) is 104 cm³/mol. The van der Waals surface area contributed by atoms with Gasteiger partial charge in [0.25, 0.3) is 5.91 Å². The van der Waals surface area contributed by atoms with Crippen LogP contribution in [0.4, 0.5) is 0 Å². The molecule has 0 fully saturated rings. The number of pyridine rings is 1. The molecule has 0 radical (unpaired) electrons. The summed E-state index contributed by atoms with van der Waals surface area (Å²) in [7, 11) is 1.67. The summed E-state index contributed by atoms with van der Waals surface area (Å²) in [5.74, 6) is -0.0822. The van der Waals surface area contributed by atoms with E-state index >= 15 is 0 Å². The van der Waals surface area contributed by atoms with Crippen LogP contribution in [0.5, 0.6) is 0 Å². The van der Waals surface area contributed by atoms with Crippen LogP contribution in [0.3, 0.4) is 0 Å². The zero-order valence-electron chi connectivity index (χ0n) is 14.8. The minimum absolute atomic E-state index is 0.0822. The maximum atomic E-state index is 12.5. The van der Waals surface area contributed by atoms with Crippen LogP contribution in [0, 0.1) is 0 Å². The molecule has 0 unspecified atom stereocenters. The van der Waals surface area contributed by atoms with Crippen molar-refractivity contribution in [2.24, 2.45) is 0 Å². The summed E-state index contributed by atoms with van der Waals surface area (Å²) in [6.07, 6.45) is 9.36. The molecule has 27 heavy (non-hydrogen) atoms. The fourth-order valence-electron chi connectivity index (χ4n) is 2.74. The van der Waals surface area contributed by atoms with Crippen molar-refractivity contribution in [2.45, 2.75) is 13.1 Å². The number of rotatable bonds is 7. The highest BCUT2D eigenvalue weighted by Gasteiger charge is 2.11. The van der Waals surface area contributed by atoms with Crippen molar-refractivity contribution in [1.82, 2.24) is 24.5 Å². The second-order valence-electron chi connectivity index (χ2n) is 6.06. The van der Waals surface area contributed by atoms with Crippen LogP contribution >= 0.6 is 11.3 Å². The molecule has 8 heteroatoms. The average Bonchev–Trinajstić information content (AvgIpc) is 3.43. The summed E-state index contributed by atoms with van der Waals surface area (Å²) >= 11 is 1.46. The molecule has 0 spiro atoms. The van der Waals surface area contributed by atoms with Crippen LogP contribution in [-0.2, 0) is 17.8 Å². The van der Waals surface area contributed by atoms with E-state index < -0.39 is 0 Å². The zero-order valence-corrected chi connectivity index (χ0v) is 15.6. The Morgan fingerprint density at radius 2 is 2.22 bits per heavy atom. The van der Waals surface area contributed by atoms with Crippen LogP contribution in [0.1, 0.15) is 15.2 Å². The molecule has 0 saturated heterocycles. The molecule has 0 atom stereocenters. The number of carbonyl (C=O) groups excluding carboxylic acids is 1. The van der Waals surface area contributed by atoms with Crippen LogP contribution in [0.2, 0.25) is 0 Å². The van der Waals surface area contributed by atoms with Crippen molar-refractivity contribution >= 4 is 22.9 Å². The second-order valence-corrected chi connectivity index (χ2v) is 7.14. The van der Waals surface area contributed by atoms with Gasteiger partial charge < -0.3 is 14.5 Å². The molecule has 1 amide bonds. The number of fused-ring (bicyclic) bond motifs is 1. The standard InChI is InChI=1S/C19H19N5O2S/c1-26-9-8-24-13-15(12-22-24)16-2-3-17(27-16)19(25)21-11-14-4-6-23-7-5-20-18(23)10-14/h2-7,10,12-13H,8-9,11H2,1H3,(H,21,25). The Balaban J connectivity index is 1.40. The number of imidazole rings is 1. The SMILES string of the molecule is COCCn1cc(-c2ccc(C(=O)NCc3ccn4ccnc4c3)s2)cn1. The fourth-order valence-corrected chi connectivity index (χ4v) is 3.64. The van der Waals surface area contributed by atoms with E-state index in [-0.39, 0.29) is 5.91 Å². The van der Waals surface area contributed by atoms with E-state index in [1.54, 1.807) is 13.3 Å². The lowest BCUT2D eigenvalue weighted by Gasteiger charge is -2.04. The third-order valence-corrected chi connectivity index (χ3v) is 5.32. The van der Waals surface area contributed by atoms with Gasteiger partial charge in [0, 0.05) is 48.9 Å². The van der Waals surface area contributed by atoms with Gasteiger partial charge in [-0.1, -0.05) is 0 Å². The van der Waals surface area contributed by atoms with E-state index in [9.17, 15) is 4.79 Å². The lowest BCUT2D eigenvalue weighted by Crippen LogP contribution is -2.21. The first kappa shape index (κ1) is 17.4. The first-order chi connectivity index (χ1) is 13.2. The molecule has 7 nitrogen and oxygen atoms in total. The molecular weight excluding hydrogens is 362 g/mol. The Bertz CT molecular complexity index is 1060. The maximum absolute atomic E-state index is 12.5. The van der Waals surface area contributed by atoms with Crippen LogP contribution in [0.25, 0.3) is 16.1 Å². The molecule has 0 aromatic carbocycles. The van der Waals surface area contributed by atoms with Gasteiger partial charge in [-0.15, -0.1) is 11.3 Å². The van der Waals surface area contributed by atoms with E-state index in [1.165, 1.54) is 11.3 Å². The fraction of sp³-hybridized carbons (Fsp3) is 0.211. The first-order valence-corrected chi connectivity index (χ1v) is 9.36. The minimum atomic E-state index is -0.0822. The maximum Gasteiger partial charge on any atom is 0.261 e. The van der Waals surface area contributed by atoms with Crippen molar-refractivity contribution in [3.63, 3.8) is 0 Å². The van der Waals surface area contributed by atoms with Crippen molar-refractivity contribution in [3.8, 4) is 10.4 Å². The summed E-state index contributed by atoms with van der Waals surface area (Å²) in [5, 5.41) is 7.28. The third kappa shape index (κ3) is 3.91. The zero-order chi connectivity index (χ0) is 18.6. The molecule has 4 heterocycles. The number of thiophene rings is 1. The lowest BCUT2D eigenvalue weighted by molar-refractivity contribution is 0.0955. The highest BCUT2D eigenvalue weighted by molar-refractivity contribution is 7.17. The number of amides is 1. The van der Waals surface area contributed by atoms with E-state index in [4.69, 9.17) is 4.74 Å². The largest absolute Gasteiger partial charge is 0.383 e. The van der Waals surface area contributed by atoms with Crippen molar-refractivity contribution in [2.75, 3.05) is 13.7 Å². The Morgan fingerprint density at radius 3 is 3.11 bits per heavy atom. The normalized spacial score (nSPS) is 11.1. The molecule has 0 aliphatic rings. The van der Waals surface area contributed by atoms with Gasteiger partial charge in [0.15, 0.2) is 0 Å². The number of ether oxygens (including phenoxy) is 1. The summed E-state index contributed by atoms with van der Waals surface area (Å²) < 4.78 is 8.83. The van der Waals surface area contributed by atoms with E-state index in [0.717, 1.165) is 21.7 Å². The van der Waals surface area contributed by atoms with Crippen LogP contribution in [0.15, 0.2) is 55.2 Å². The lowest BCUT2D eigenvalue weighted by atomic mass is 10.2. The molecule has 4 aromatic heterocycles. The topological polar surface area (TPSA) is 73.5 Å². The van der Waals surface area contributed by atoms with Crippen molar-refractivity contribution < 1.29 is 9.53 Å². The van der Waals surface area contributed by atoms with Crippen LogP contribution < -0.4 is 5.32 Å². The van der Waals surface area contributed by atoms with Crippen LogP contribution in [-0.4, -0.2) is 38.8 Å². The molecular formula is C19H19N5O2S. The minimum Gasteiger partial charge on any atom is -0.383 e. The summed E-state index contributed by atoms with van der Waals surface area (Å²) in [6.45, 7) is 1.78. The summed E-state index contributed by atoms with van der Waals surface area (Å²) in [6, 6.07) is 7.74. The predicted octanol–water partition coefficient (Wildman–Crippen LogP) is 2.84. The molecule has 0 aliphatic heterocycles. The molecule has 4 aromatic rings. The second kappa shape index (κ2) is 7.73. The monoisotopic (exact) mass is 381 g/mol. The molecule has 0 aliphatic carbocycles. The molecule has 0 saturated carbocycles. The molecule has 4 rings (SSSR count). The van der Waals surface area contributed by atoms with Gasteiger partial charge in [0.2, 0.25) is 0 Å². The van der Waals surface area contributed by atoms with Crippen molar-refractivity contribution in [3.05, 3.63) is 65.7 Å². The smallest absolute Gasteiger partial charge is 0.261 e. The number of hydrogen-bond donors (Lipinski definition) is 1. The van der Waals surface area contributed by atoms with Gasteiger partial charge >= 0.3 is 0 Å². The van der Waals surface area contributed by atoms with E-state index in [2.05, 4.69) is 15.4 Å². The third-order valence-electron chi connectivity index (χ3n) is 4.19. The van der Waals surface area contributed by atoms with Gasteiger partial charge in [-0.2, -0.15) is 5.10 Å². The van der Waals surface area contributed by atoms with Gasteiger partial charge in [-0.25, -0.2) is 4.98 Å². The number of hydrogen-bond acceptors (Lipinski definition) is 5. The number of nitrogens with one attached hydrogen (secondary N) is 1. The van der Waals surface area contributed by atoms with Gasteiger partial charge in [0.05, 0.1) is 24.2 Å². The Labute approximate surface area is 160 Å². The Morgan fingerprint density at radius 1 is 1.30 bits per heavy atom. The highest BCUT2D eigenvalue weighted by atomic mass is 32.1. The van der Waals surface area contributed by atoms with E-state index in [0.29, 0.717) is 24.6 Å². The Hall–Kier alpha value is -2.97. The first-order valence-electron chi connectivity index (χ1n) is 8.54. The van der Waals surface area contributed by atoms with E-state index in [1.807, 2.05) is 58.1 Å². The average molecular weight is 381 g/mol. The molecule has 0 bridgehead atoms. The number of methoxy groups -OCH3 is 1. The molecule has 1 N–H and O–H groups in total. The van der Waals surface area contributed by atoms with Crippen molar-refractivity contribution in [1.29, 1.82) is 0 Å². The number of carbonyl (C=O) groups is 1. The van der Waals surface area contributed by atoms with Gasteiger partial charge in [0.1, 0.15) is 5.65 Å².